The van der Waals surface area contributed by atoms with Crippen LogP contribution in [-0.4, -0.2) is 17.9 Å². The van der Waals surface area contributed by atoms with Gasteiger partial charge >= 0.3 is 0 Å². The second-order valence-corrected chi connectivity index (χ2v) is 8.69. The molecule has 0 bridgehead atoms. The van der Waals surface area contributed by atoms with E-state index in [2.05, 4.69) is 16.7 Å². The molecule has 0 spiro atoms. The molecular formula is C26H26FN3O3. The molecule has 1 aliphatic rings. The Balaban J connectivity index is 1.55. The summed E-state index contributed by atoms with van der Waals surface area (Å²) in [6.45, 7) is 5.88. The van der Waals surface area contributed by atoms with E-state index < -0.39 is 5.82 Å². The number of nitrogens with one attached hydrogen (secondary N) is 2. The standard InChI is InChI=1S/C26H26FN3O3/c1-15-8-16(2)10-18(9-15)13-28-25(31)19-4-7-24(30(33)14-19)22-11-20(12-23(27)17(22)3)26(32)29-21-5-6-21/h4,7-12,14,21H,5-6,13H2,1-3H3,(H,28,31)(H,29,32). The van der Waals surface area contributed by atoms with E-state index in [0.717, 1.165) is 29.5 Å². The number of nitrogens with zero attached hydrogens (tertiary/aromatic N) is 1. The van der Waals surface area contributed by atoms with Gasteiger partial charge in [-0.2, -0.15) is 4.73 Å². The first-order valence-electron chi connectivity index (χ1n) is 10.9. The molecule has 0 saturated heterocycles. The predicted octanol–water partition coefficient (Wildman–Crippen LogP) is 3.87. The molecular weight excluding hydrogens is 421 g/mol. The molecule has 1 saturated carbocycles. The molecule has 170 valence electrons. The monoisotopic (exact) mass is 447 g/mol. The van der Waals surface area contributed by atoms with Crippen LogP contribution in [0.25, 0.3) is 11.3 Å². The Morgan fingerprint density at radius 2 is 1.70 bits per heavy atom. The lowest BCUT2D eigenvalue weighted by molar-refractivity contribution is -0.593. The summed E-state index contributed by atoms with van der Waals surface area (Å²) in [5, 5.41) is 18.4. The normalized spacial score (nSPS) is 13.0. The number of hydrogen-bond acceptors (Lipinski definition) is 3. The van der Waals surface area contributed by atoms with Crippen LogP contribution in [0.15, 0.2) is 48.7 Å². The third-order valence-corrected chi connectivity index (χ3v) is 5.71. The van der Waals surface area contributed by atoms with Gasteiger partial charge in [-0.15, -0.1) is 0 Å². The van der Waals surface area contributed by atoms with Gasteiger partial charge in [-0.3, -0.25) is 9.59 Å². The highest BCUT2D eigenvalue weighted by Crippen LogP contribution is 2.26. The number of benzene rings is 2. The summed E-state index contributed by atoms with van der Waals surface area (Å²) in [4.78, 5) is 25.0. The van der Waals surface area contributed by atoms with Gasteiger partial charge in [0, 0.05) is 24.2 Å². The lowest BCUT2D eigenvalue weighted by atomic mass is 10.00. The number of aryl methyl sites for hydroxylation is 2. The van der Waals surface area contributed by atoms with Crippen LogP contribution in [-0.2, 0) is 6.54 Å². The summed E-state index contributed by atoms with van der Waals surface area (Å²) >= 11 is 0. The van der Waals surface area contributed by atoms with E-state index in [9.17, 15) is 19.2 Å². The molecule has 7 heteroatoms. The quantitative estimate of drug-likeness (QED) is 0.444. The van der Waals surface area contributed by atoms with Gasteiger partial charge in [0.05, 0.1) is 5.56 Å². The second kappa shape index (κ2) is 9.02. The van der Waals surface area contributed by atoms with Crippen LogP contribution in [0.1, 0.15) is 55.8 Å². The van der Waals surface area contributed by atoms with Gasteiger partial charge in [-0.05, 0) is 62.9 Å². The van der Waals surface area contributed by atoms with E-state index in [1.807, 2.05) is 26.0 Å². The van der Waals surface area contributed by atoms with Crippen LogP contribution >= 0.6 is 0 Å². The predicted molar refractivity (Wildman–Crippen MR) is 123 cm³/mol. The summed E-state index contributed by atoms with van der Waals surface area (Å²) in [6, 6.07) is 11.9. The molecule has 33 heavy (non-hydrogen) atoms. The Bertz CT molecular complexity index is 1230. The Morgan fingerprint density at radius 3 is 2.33 bits per heavy atom. The zero-order valence-corrected chi connectivity index (χ0v) is 18.9. The number of carbonyl (C=O) groups excluding carboxylic acids is 2. The van der Waals surface area contributed by atoms with Gasteiger partial charge in [0.15, 0.2) is 6.20 Å². The number of amides is 2. The maximum Gasteiger partial charge on any atom is 0.257 e. The van der Waals surface area contributed by atoms with Gasteiger partial charge < -0.3 is 15.8 Å². The maximum atomic E-state index is 14.5. The van der Waals surface area contributed by atoms with E-state index in [1.54, 1.807) is 6.92 Å². The molecule has 2 N–H and O–H groups in total. The molecule has 2 aromatic carbocycles. The summed E-state index contributed by atoms with van der Waals surface area (Å²) in [5.41, 5.74) is 4.28. The van der Waals surface area contributed by atoms with E-state index >= 15 is 0 Å². The van der Waals surface area contributed by atoms with Crippen molar-refractivity contribution in [3.63, 3.8) is 0 Å². The first kappa shape index (κ1) is 22.5. The van der Waals surface area contributed by atoms with Gasteiger partial charge in [0.25, 0.3) is 11.8 Å². The highest BCUT2D eigenvalue weighted by molar-refractivity contribution is 5.96. The average molecular weight is 448 g/mol. The summed E-state index contributed by atoms with van der Waals surface area (Å²) in [5.74, 6) is -1.31. The van der Waals surface area contributed by atoms with Crippen molar-refractivity contribution in [3.8, 4) is 11.3 Å². The van der Waals surface area contributed by atoms with Crippen molar-refractivity contribution in [2.24, 2.45) is 0 Å². The molecule has 0 unspecified atom stereocenters. The average Bonchev–Trinajstić information content (AvgIpc) is 3.57. The van der Waals surface area contributed by atoms with Gasteiger partial charge in [0.1, 0.15) is 11.4 Å². The Labute approximate surface area is 192 Å². The third kappa shape index (κ3) is 5.19. The largest absolute Gasteiger partial charge is 0.618 e. The van der Waals surface area contributed by atoms with Crippen molar-refractivity contribution in [2.45, 2.75) is 46.2 Å². The molecule has 1 aliphatic carbocycles. The maximum absolute atomic E-state index is 14.5. The molecule has 1 aromatic heterocycles. The Morgan fingerprint density at radius 1 is 1.00 bits per heavy atom. The van der Waals surface area contributed by atoms with Crippen molar-refractivity contribution in [1.29, 1.82) is 0 Å². The zero-order chi connectivity index (χ0) is 23.7. The van der Waals surface area contributed by atoms with E-state index in [4.69, 9.17) is 0 Å². The summed E-state index contributed by atoms with van der Waals surface area (Å²) in [7, 11) is 0. The minimum atomic E-state index is -0.566. The van der Waals surface area contributed by atoms with Crippen molar-refractivity contribution in [2.75, 3.05) is 0 Å². The number of pyridine rings is 1. The van der Waals surface area contributed by atoms with Crippen molar-refractivity contribution in [3.05, 3.63) is 93.1 Å². The number of aromatic nitrogens is 1. The third-order valence-electron chi connectivity index (χ3n) is 5.71. The summed E-state index contributed by atoms with van der Waals surface area (Å²) < 4.78 is 15.1. The SMILES string of the molecule is Cc1cc(C)cc(CNC(=O)c2ccc(-c3cc(C(=O)NC4CC4)cc(F)c3C)[n+]([O-])c2)c1. The van der Waals surface area contributed by atoms with E-state index in [-0.39, 0.29) is 40.2 Å². The Hall–Kier alpha value is -3.74. The van der Waals surface area contributed by atoms with Crippen LogP contribution in [0.5, 0.6) is 0 Å². The molecule has 1 heterocycles. The Kier molecular flexibility index (Phi) is 6.14. The van der Waals surface area contributed by atoms with Gasteiger partial charge in [0.2, 0.25) is 5.69 Å². The van der Waals surface area contributed by atoms with Crippen LogP contribution in [0, 0.1) is 31.8 Å². The molecule has 6 nitrogen and oxygen atoms in total. The van der Waals surface area contributed by atoms with Crippen molar-refractivity contribution >= 4 is 11.8 Å². The van der Waals surface area contributed by atoms with Crippen LogP contribution in [0.4, 0.5) is 4.39 Å². The molecule has 0 atom stereocenters. The van der Waals surface area contributed by atoms with Crippen LogP contribution < -0.4 is 15.4 Å². The van der Waals surface area contributed by atoms with Gasteiger partial charge in [-0.1, -0.05) is 29.3 Å². The van der Waals surface area contributed by atoms with Crippen molar-refractivity contribution < 1.29 is 18.7 Å². The fourth-order valence-electron chi connectivity index (χ4n) is 3.85. The molecule has 3 aromatic rings. The number of rotatable bonds is 6. The highest BCUT2D eigenvalue weighted by Gasteiger charge is 2.25. The number of hydrogen-bond donors (Lipinski definition) is 2. The first-order chi connectivity index (χ1) is 15.7. The molecule has 4 rings (SSSR count). The minimum absolute atomic E-state index is 0.135. The second-order valence-electron chi connectivity index (χ2n) is 8.69. The number of carbonyl (C=O) groups is 2. The van der Waals surface area contributed by atoms with E-state index in [0.29, 0.717) is 16.8 Å². The molecule has 2 amide bonds. The van der Waals surface area contributed by atoms with Crippen LogP contribution in [0.3, 0.4) is 0 Å². The molecule has 0 radical (unpaired) electrons. The lowest BCUT2D eigenvalue weighted by Gasteiger charge is -2.12. The lowest BCUT2D eigenvalue weighted by Crippen LogP contribution is -2.33. The molecule has 1 fully saturated rings. The minimum Gasteiger partial charge on any atom is -0.618 e. The zero-order valence-electron chi connectivity index (χ0n) is 18.9. The fourth-order valence-corrected chi connectivity index (χ4v) is 3.85. The van der Waals surface area contributed by atoms with E-state index in [1.165, 1.54) is 30.5 Å². The highest BCUT2D eigenvalue weighted by atomic mass is 19.1. The van der Waals surface area contributed by atoms with Gasteiger partial charge in [-0.25, -0.2) is 4.39 Å². The topological polar surface area (TPSA) is 85.1 Å². The number of halogens is 1. The van der Waals surface area contributed by atoms with Crippen molar-refractivity contribution in [1.82, 2.24) is 10.6 Å². The smallest absolute Gasteiger partial charge is 0.257 e. The molecule has 0 aliphatic heterocycles. The van der Waals surface area contributed by atoms with Crippen LogP contribution in [0.2, 0.25) is 0 Å². The summed E-state index contributed by atoms with van der Waals surface area (Å²) in [6.07, 6.45) is 3.00. The fraction of sp³-hybridized carbons (Fsp3) is 0.269. The first-order valence-corrected chi connectivity index (χ1v) is 10.9.